The monoisotopic (exact) mass is 526 g/mol. The fraction of sp³-hybridized carbons (Fsp3) is 0.381. The lowest BCUT2D eigenvalue weighted by Crippen LogP contribution is -2.37. The van der Waals surface area contributed by atoms with E-state index < -0.39 is 40.2 Å². The molecule has 3 atom stereocenters. The molecule has 2 saturated heterocycles. The van der Waals surface area contributed by atoms with Crippen LogP contribution in [0.5, 0.6) is 0 Å². The summed E-state index contributed by atoms with van der Waals surface area (Å²) >= 11 is 0. The lowest BCUT2D eigenvalue weighted by molar-refractivity contribution is 0.126. The van der Waals surface area contributed by atoms with Crippen molar-refractivity contribution in [3.05, 3.63) is 59.4 Å². The number of fused-ring (bicyclic) bond motifs is 1. The minimum atomic E-state index is -4.67. The van der Waals surface area contributed by atoms with Crippen LogP contribution in [-0.4, -0.2) is 67.4 Å². The zero-order valence-corrected chi connectivity index (χ0v) is 19.6. The number of carbonyl (C=O) groups is 1. The molecule has 5 rings (SSSR count). The van der Waals surface area contributed by atoms with E-state index in [1.165, 1.54) is 11.0 Å². The first-order chi connectivity index (χ1) is 16.9. The number of likely N-dealkylation sites (tertiary alicyclic amines) is 1. The second-order valence-corrected chi connectivity index (χ2v) is 9.35. The van der Waals surface area contributed by atoms with Crippen molar-refractivity contribution in [2.45, 2.75) is 37.5 Å². The van der Waals surface area contributed by atoms with Gasteiger partial charge in [0.25, 0.3) is 0 Å². The van der Waals surface area contributed by atoms with Gasteiger partial charge in [0.2, 0.25) is 0 Å². The Hall–Kier alpha value is -3.40. The molecule has 36 heavy (non-hydrogen) atoms. The van der Waals surface area contributed by atoms with Crippen LogP contribution in [0.4, 0.5) is 19.4 Å². The van der Waals surface area contributed by atoms with Gasteiger partial charge in [0.05, 0.1) is 24.4 Å². The Morgan fingerprint density at radius 1 is 1.11 bits per heavy atom. The molecule has 2 fully saturated rings. The van der Waals surface area contributed by atoms with Gasteiger partial charge in [-0.2, -0.15) is 13.5 Å². The molecule has 0 radical (unpaired) electrons. The molecule has 12 nitrogen and oxygen atoms in total. The summed E-state index contributed by atoms with van der Waals surface area (Å²) in [6.45, 7) is 0.998. The largest absolute Gasteiger partial charge is 0.394 e. The molecular formula is C21H24F2N6O6S. The van der Waals surface area contributed by atoms with Gasteiger partial charge in [-0.1, -0.05) is 0 Å². The number of carbonyl (C=O) groups excluding carboxylic acids is 1. The summed E-state index contributed by atoms with van der Waals surface area (Å²) in [6.07, 6.45) is 4.44. The van der Waals surface area contributed by atoms with Crippen molar-refractivity contribution in [1.82, 2.24) is 19.5 Å². The fourth-order valence-electron chi connectivity index (χ4n) is 4.78. The highest BCUT2D eigenvalue weighted by Crippen LogP contribution is 2.38. The van der Waals surface area contributed by atoms with Crippen LogP contribution in [0.15, 0.2) is 36.7 Å². The SMILES string of the molecule is NC(=O)N1CCC(O)C1c1cnn2ccc(N3CCCC3c3cc(F)ccc3F)nc12.O=S(=O)(O)O. The van der Waals surface area contributed by atoms with E-state index in [9.17, 15) is 18.7 Å². The predicted octanol–water partition coefficient (Wildman–Crippen LogP) is 1.88. The van der Waals surface area contributed by atoms with Gasteiger partial charge in [-0.15, -0.1) is 0 Å². The van der Waals surface area contributed by atoms with Crippen molar-refractivity contribution in [2.24, 2.45) is 5.73 Å². The Morgan fingerprint density at radius 3 is 2.53 bits per heavy atom. The van der Waals surface area contributed by atoms with E-state index in [1.54, 1.807) is 23.0 Å². The Morgan fingerprint density at radius 2 is 1.83 bits per heavy atom. The number of aromatic nitrogens is 3. The average molecular weight is 527 g/mol. The van der Waals surface area contributed by atoms with Crippen LogP contribution >= 0.6 is 0 Å². The lowest BCUT2D eigenvalue weighted by atomic mass is 10.0. The van der Waals surface area contributed by atoms with E-state index >= 15 is 0 Å². The van der Waals surface area contributed by atoms with Crippen molar-refractivity contribution in [3.8, 4) is 0 Å². The van der Waals surface area contributed by atoms with E-state index in [0.717, 1.165) is 18.6 Å². The maximum atomic E-state index is 14.4. The lowest BCUT2D eigenvalue weighted by Gasteiger charge is -2.27. The summed E-state index contributed by atoms with van der Waals surface area (Å²) in [5.74, 6) is -0.333. The molecule has 3 unspecified atom stereocenters. The highest BCUT2D eigenvalue weighted by Gasteiger charge is 2.38. The van der Waals surface area contributed by atoms with Gasteiger partial charge in [0.1, 0.15) is 17.5 Å². The number of anilines is 1. The van der Waals surface area contributed by atoms with E-state index in [4.69, 9.17) is 28.2 Å². The van der Waals surface area contributed by atoms with E-state index in [0.29, 0.717) is 48.5 Å². The summed E-state index contributed by atoms with van der Waals surface area (Å²) in [5.41, 5.74) is 6.88. The molecule has 0 bridgehead atoms. The maximum absolute atomic E-state index is 14.4. The summed E-state index contributed by atoms with van der Waals surface area (Å²) in [4.78, 5) is 19.9. The first-order valence-electron chi connectivity index (χ1n) is 10.9. The summed E-state index contributed by atoms with van der Waals surface area (Å²) in [5, 5.41) is 14.8. The molecule has 1 aromatic carbocycles. The molecule has 194 valence electrons. The Labute approximate surface area is 204 Å². The van der Waals surface area contributed by atoms with E-state index in [-0.39, 0.29) is 6.04 Å². The molecule has 2 aliphatic heterocycles. The molecule has 2 aromatic heterocycles. The maximum Gasteiger partial charge on any atom is 0.394 e. The molecule has 0 saturated carbocycles. The van der Waals surface area contributed by atoms with Gasteiger partial charge in [0.15, 0.2) is 5.65 Å². The third-order valence-electron chi connectivity index (χ3n) is 6.21. The Kier molecular flexibility index (Phi) is 7.08. The molecule has 2 amide bonds. The second-order valence-electron chi connectivity index (χ2n) is 8.45. The number of amides is 2. The van der Waals surface area contributed by atoms with Crippen LogP contribution in [0.25, 0.3) is 5.65 Å². The smallest absolute Gasteiger partial charge is 0.391 e. The van der Waals surface area contributed by atoms with Gasteiger partial charge < -0.3 is 20.6 Å². The molecule has 0 aliphatic carbocycles. The molecule has 4 heterocycles. The molecule has 5 N–H and O–H groups in total. The minimum Gasteiger partial charge on any atom is -0.391 e. The Balaban J connectivity index is 0.000000556. The van der Waals surface area contributed by atoms with Gasteiger partial charge in [-0.25, -0.2) is 23.1 Å². The number of aliphatic hydroxyl groups is 1. The van der Waals surface area contributed by atoms with Crippen LogP contribution in [0.3, 0.4) is 0 Å². The van der Waals surface area contributed by atoms with Gasteiger partial charge in [-0.05, 0) is 43.5 Å². The van der Waals surface area contributed by atoms with Crippen LogP contribution in [0.2, 0.25) is 0 Å². The van der Waals surface area contributed by atoms with Crippen molar-refractivity contribution in [2.75, 3.05) is 18.0 Å². The zero-order valence-electron chi connectivity index (χ0n) is 18.8. The molecule has 3 aromatic rings. The number of primary amides is 1. The van der Waals surface area contributed by atoms with Crippen LogP contribution < -0.4 is 10.6 Å². The molecular weight excluding hydrogens is 502 g/mol. The quantitative estimate of drug-likeness (QED) is 0.371. The standard InChI is InChI=1S/C21H22F2N6O2.H2O4S/c22-12-3-4-15(23)13(10-12)16-2-1-7-27(16)18-6-9-29-20(26-18)14(11-25-29)19-17(30)5-8-28(19)21(24)31;1-5(2,3)4/h3-4,6,9-11,16-17,19,30H,1-2,5,7-8H2,(H2,24,31);(H2,1,2,3,4). The normalized spacial score (nSPS) is 22.1. The zero-order chi connectivity index (χ0) is 26.2. The minimum absolute atomic E-state index is 0.305. The number of rotatable bonds is 3. The number of urea groups is 1. The first-order valence-corrected chi connectivity index (χ1v) is 12.3. The summed E-state index contributed by atoms with van der Waals surface area (Å²) < 4.78 is 61.4. The average Bonchev–Trinajstić information content (AvgIpc) is 3.51. The number of hydrogen-bond acceptors (Lipinski definition) is 7. The first kappa shape index (κ1) is 25.7. The fourth-order valence-corrected chi connectivity index (χ4v) is 4.78. The van der Waals surface area contributed by atoms with Crippen LogP contribution in [-0.2, 0) is 10.4 Å². The van der Waals surface area contributed by atoms with Crippen molar-refractivity contribution in [3.63, 3.8) is 0 Å². The number of nitrogens with zero attached hydrogens (tertiary/aromatic N) is 5. The van der Waals surface area contributed by atoms with Crippen molar-refractivity contribution >= 4 is 27.9 Å². The van der Waals surface area contributed by atoms with Crippen molar-refractivity contribution in [1.29, 1.82) is 0 Å². The highest BCUT2D eigenvalue weighted by atomic mass is 32.3. The molecule has 2 aliphatic rings. The third kappa shape index (κ3) is 5.38. The number of benzene rings is 1. The van der Waals surface area contributed by atoms with Gasteiger partial charge >= 0.3 is 16.4 Å². The summed E-state index contributed by atoms with van der Waals surface area (Å²) in [6, 6.07) is 3.68. The Bertz CT molecular complexity index is 1380. The summed E-state index contributed by atoms with van der Waals surface area (Å²) in [7, 11) is -4.67. The van der Waals surface area contributed by atoms with Crippen molar-refractivity contribution < 1.29 is 36.2 Å². The molecule has 15 heteroatoms. The number of hydrogen-bond donors (Lipinski definition) is 4. The second kappa shape index (κ2) is 9.93. The van der Waals surface area contributed by atoms with Gasteiger partial charge in [0, 0.05) is 30.4 Å². The number of nitrogens with two attached hydrogens (primary N) is 1. The van der Waals surface area contributed by atoms with E-state index in [2.05, 4.69) is 5.10 Å². The van der Waals surface area contributed by atoms with Crippen LogP contribution in [0, 0.1) is 11.6 Å². The molecule has 0 spiro atoms. The highest BCUT2D eigenvalue weighted by molar-refractivity contribution is 7.79. The predicted molar refractivity (Wildman–Crippen MR) is 122 cm³/mol. The van der Waals surface area contributed by atoms with Gasteiger partial charge in [-0.3, -0.25) is 9.11 Å². The topological polar surface area (TPSA) is 175 Å². The van der Waals surface area contributed by atoms with E-state index in [1.807, 2.05) is 4.90 Å². The number of aliphatic hydroxyl groups excluding tert-OH is 1. The third-order valence-corrected chi connectivity index (χ3v) is 6.21. The number of halogens is 2. The van der Waals surface area contributed by atoms with Crippen LogP contribution in [0.1, 0.15) is 42.5 Å².